The third kappa shape index (κ3) is 5.32. The van der Waals surface area contributed by atoms with E-state index in [0.29, 0.717) is 0 Å². The van der Waals surface area contributed by atoms with Gasteiger partial charge in [-0.25, -0.2) is 0 Å². The first-order valence-corrected chi connectivity index (χ1v) is 21.6. The van der Waals surface area contributed by atoms with Crippen LogP contribution in [0.2, 0.25) is 0 Å². The van der Waals surface area contributed by atoms with Crippen molar-refractivity contribution in [3.8, 4) is 50.2 Å². The summed E-state index contributed by atoms with van der Waals surface area (Å²) in [6, 6.07) is 61.5. The van der Waals surface area contributed by atoms with Crippen LogP contribution in [0.25, 0.3) is 94.3 Å². The molecule has 0 aliphatic heterocycles. The minimum atomic E-state index is 0.0198. The van der Waals surface area contributed by atoms with E-state index in [1.807, 2.05) is 0 Å². The van der Waals surface area contributed by atoms with Crippen LogP contribution in [0.1, 0.15) is 55.5 Å². The Kier molecular flexibility index (Phi) is 7.91. The van der Waals surface area contributed by atoms with Crippen molar-refractivity contribution in [3.05, 3.63) is 210 Å². The summed E-state index contributed by atoms with van der Waals surface area (Å²) in [6.45, 7) is 4.79. The van der Waals surface area contributed by atoms with Gasteiger partial charge in [-0.15, -0.1) is 0 Å². The summed E-state index contributed by atoms with van der Waals surface area (Å²) in [7, 11) is 0. The van der Waals surface area contributed by atoms with Crippen LogP contribution in [0.15, 0.2) is 188 Å². The van der Waals surface area contributed by atoms with E-state index in [2.05, 4.69) is 207 Å². The van der Waals surface area contributed by atoms with Crippen LogP contribution in [0.3, 0.4) is 0 Å². The van der Waals surface area contributed by atoms with E-state index in [0.717, 1.165) is 25.7 Å². The number of fused-ring (bicyclic) bond motifs is 7. The molecule has 0 atom stereocenters. The molecule has 0 fully saturated rings. The molecule has 0 radical (unpaired) electrons. The lowest BCUT2D eigenvalue weighted by Crippen LogP contribution is -2.16. The molecule has 3 aliphatic rings. The Morgan fingerprint density at radius 1 is 0.450 bits per heavy atom. The van der Waals surface area contributed by atoms with Crippen molar-refractivity contribution in [3.63, 3.8) is 0 Å². The van der Waals surface area contributed by atoms with Crippen LogP contribution >= 0.6 is 0 Å². The SMILES string of the molecule is CC1(C)C2=C(CCC=C2)c2ccc(-c3cccc(-c4ccc5c6c(n(-c7ccc(-c8c9ccccc9c(-c9ccccc9)c9ccccc89)cc7)c5c4)C=CCC6)c3)cc21. The lowest BCUT2D eigenvalue weighted by atomic mass is 9.79. The van der Waals surface area contributed by atoms with Gasteiger partial charge in [0, 0.05) is 22.2 Å². The smallest absolute Gasteiger partial charge is 0.0543 e. The zero-order valence-electron chi connectivity index (χ0n) is 34.2. The summed E-state index contributed by atoms with van der Waals surface area (Å²) in [6.07, 6.45) is 13.8. The molecule has 0 saturated heterocycles. The van der Waals surface area contributed by atoms with E-state index in [9.17, 15) is 0 Å². The van der Waals surface area contributed by atoms with E-state index in [1.54, 1.807) is 5.57 Å². The average Bonchev–Trinajstić information content (AvgIpc) is 3.76. The number of hydrogen-bond donors (Lipinski definition) is 0. The number of aryl methyl sites for hydroxylation is 1. The van der Waals surface area contributed by atoms with Gasteiger partial charge in [-0.1, -0.05) is 166 Å². The fourth-order valence-electron chi connectivity index (χ4n) is 10.9. The molecule has 60 heavy (non-hydrogen) atoms. The van der Waals surface area contributed by atoms with Gasteiger partial charge in [0.1, 0.15) is 0 Å². The summed E-state index contributed by atoms with van der Waals surface area (Å²) in [4.78, 5) is 0. The first-order chi connectivity index (χ1) is 29.5. The van der Waals surface area contributed by atoms with Crippen LogP contribution in [0, 0.1) is 0 Å². The molecule has 0 bridgehead atoms. The Balaban J connectivity index is 0.959. The Morgan fingerprint density at radius 2 is 1.00 bits per heavy atom. The molecule has 0 N–H and O–H groups in total. The highest BCUT2D eigenvalue weighted by molar-refractivity contribution is 6.21. The maximum absolute atomic E-state index is 2.50. The Labute approximate surface area is 352 Å². The molecule has 12 rings (SSSR count). The monoisotopic (exact) mass is 767 g/mol. The minimum absolute atomic E-state index is 0.0198. The summed E-state index contributed by atoms with van der Waals surface area (Å²) in [5.74, 6) is 0. The van der Waals surface area contributed by atoms with Crippen molar-refractivity contribution >= 4 is 44.1 Å². The zero-order valence-corrected chi connectivity index (χ0v) is 34.2. The van der Waals surface area contributed by atoms with Crippen molar-refractivity contribution in [1.29, 1.82) is 0 Å². The van der Waals surface area contributed by atoms with Gasteiger partial charge in [0.05, 0.1) is 5.52 Å². The number of rotatable bonds is 5. The van der Waals surface area contributed by atoms with Crippen molar-refractivity contribution in [2.45, 2.75) is 44.9 Å². The van der Waals surface area contributed by atoms with E-state index >= 15 is 0 Å². The normalized spacial score (nSPS) is 15.2. The molecule has 8 aromatic carbocycles. The first kappa shape index (κ1) is 35.0. The van der Waals surface area contributed by atoms with Gasteiger partial charge in [0.25, 0.3) is 0 Å². The summed E-state index contributed by atoms with van der Waals surface area (Å²) in [5, 5.41) is 6.46. The standard InChI is InChI=1S/C59H45N/c1-59(2)53-25-12-10-19-45(53)46-33-29-42(36-54(46)59)40-17-14-18-41(35-40)43-30-34-48-47-20-11-13-26-55(47)60(56(48)37-43)44-31-27-39(28-32-44)58-51-23-8-6-21-49(51)57(38-15-4-3-5-16-38)50-22-7-9-24-52(50)58/h3-9,12-18,21-37H,10-11,19-20H2,1-2H3. The molecule has 0 unspecified atom stereocenters. The van der Waals surface area contributed by atoms with E-state index in [1.165, 1.54) is 111 Å². The van der Waals surface area contributed by atoms with Crippen LogP contribution < -0.4 is 0 Å². The van der Waals surface area contributed by atoms with Crippen molar-refractivity contribution < 1.29 is 0 Å². The highest BCUT2D eigenvalue weighted by Gasteiger charge is 2.37. The third-order valence-corrected chi connectivity index (χ3v) is 13.7. The van der Waals surface area contributed by atoms with E-state index < -0.39 is 0 Å². The van der Waals surface area contributed by atoms with E-state index in [-0.39, 0.29) is 5.41 Å². The topological polar surface area (TPSA) is 4.93 Å². The molecule has 0 saturated carbocycles. The predicted octanol–water partition coefficient (Wildman–Crippen LogP) is 16.0. The van der Waals surface area contributed by atoms with Crippen molar-refractivity contribution in [2.75, 3.05) is 0 Å². The highest BCUT2D eigenvalue weighted by Crippen LogP contribution is 2.51. The molecule has 1 aromatic heterocycles. The second kappa shape index (κ2) is 13.5. The maximum Gasteiger partial charge on any atom is 0.0543 e. The summed E-state index contributed by atoms with van der Waals surface area (Å²) in [5.41, 5.74) is 21.2. The average molecular weight is 768 g/mol. The summed E-state index contributed by atoms with van der Waals surface area (Å²) >= 11 is 0. The third-order valence-electron chi connectivity index (χ3n) is 13.7. The van der Waals surface area contributed by atoms with Crippen LogP contribution in [0.4, 0.5) is 0 Å². The second-order valence-corrected chi connectivity index (χ2v) is 17.4. The number of allylic oxidation sites excluding steroid dienone is 5. The Hall–Kier alpha value is -6.96. The molecule has 0 spiro atoms. The second-order valence-electron chi connectivity index (χ2n) is 17.4. The van der Waals surface area contributed by atoms with Crippen LogP contribution in [-0.4, -0.2) is 4.57 Å². The quantitative estimate of drug-likeness (QED) is 0.154. The number of aromatic nitrogens is 1. The fourth-order valence-corrected chi connectivity index (χ4v) is 10.9. The Bertz CT molecular complexity index is 3250. The molecule has 1 nitrogen and oxygen atoms in total. The van der Waals surface area contributed by atoms with E-state index in [4.69, 9.17) is 0 Å². The number of benzene rings is 8. The lowest BCUT2D eigenvalue weighted by molar-refractivity contribution is 0.651. The summed E-state index contributed by atoms with van der Waals surface area (Å²) < 4.78 is 2.50. The van der Waals surface area contributed by atoms with Crippen LogP contribution in [0.5, 0.6) is 0 Å². The van der Waals surface area contributed by atoms with Gasteiger partial charge < -0.3 is 4.57 Å². The molecule has 9 aromatic rings. The minimum Gasteiger partial charge on any atom is -0.310 e. The molecule has 1 heterocycles. The highest BCUT2D eigenvalue weighted by atomic mass is 15.0. The van der Waals surface area contributed by atoms with Crippen LogP contribution in [-0.2, 0) is 11.8 Å². The molecule has 286 valence electrons. The molecule has 1 heteroatoms. The maximum atomic E-state index is 2.50. The molecule has 0 amide bonds. The Morgan fingerprint density at radius 3 is 1.70 bits per heavy atom. The number of hydrogen-bond acceptors (Lipinski definition) is 0. The van der Waals surface area contributed by atoms with Gasteiger partial charge in [-0.05, 0) is 156 Å². The zero-order chi connectivity index (χ0) is 40.0. The fraction of sp³-hybridized carbons (Fsp3) is 0.119. The lowest BCUT2D eigenvalue weighted by Gasteiger charge is -2.24. The van der Waals surface area contributed by atoms with Gasteiger partial charge >= 0.3 is 0 Å². The van der Waals surface area contributed by atoms with Gasteiger partial charge in [-0.3, -0.25) is 0 Å². The van der Waals surface area contributed by atoms with Crippen molar-refractivity contribution in [2.24, 2.45) is 0 Å². The molecule has 3 aliphatic carbocycles. The largest absolute Gasteiger partial charge is 0.310 e. The van der Waals surface area contributed by atoms with Gasteiger partial charge in [-0.2, -0.15) is 0 Å². The predicted molar refractivity (Wildman–Crippen MR) is 256 cm³/mol. The first-order valence-electron chi connectivity index (χ1n) is 21.6. The number of nitrogens with zero attached hydrogens (tertiary/aromatic N) is 1. The van der Waals surface area contributed by atoms with Gasteiger partial charge in [0.2, 0.25) is 0 Å². The van der Waals surface area contributed by atoms with Crippen molar-refractivity contribution in [1.82, 2.24) is 4.57 Å². The van der Waals surface area contributed by atoms with Gasteiger partial charge in [0.15, 0.2) is 0 Å². The molecular formula is C59H45N. The molecular weight excluding hydrogens is 723 g/mol.